The van der Waals surface area contributed by atoms with Crippen LogP contribution >= 0.6 is 35.3 Å². The van der Waals surface area contributed by atoms with Gasteiger partial charge in [0.05, 0.1) is 10.6 Å². The number of benzene rings is 1. The van der Waals surface area contributed by atoms with Crippen molar-refractivity contribution in [3.8, 4) is 0 Å². The van der Waals surface area contributed by atoms with Gasteiger partial charge in [0.25, 0.3) is 5.91 Å². The number of carbonyl (C=O) groups is 1. The second-order valence-corrected chi connectivity index (χ2v) is 7.88. The number of rotatable bonds is 2. The zero-order chi connectivity index (χ0) is 15.9. The number of hydrogen-bond acceptors (Lipinski definition) is 4. The lowest BCUT2D eigenvalue weighted by Crippen LogP contribution is -2.27. The maximum Gasteiger partial charge on any atom is 0.270 e. The normalized spacial score (nSPS) is 16.9. The molecule has 1 aromatic heterocycles. The highest BCUT2D eigenvalue weighted by Crippen LogP contribution is 2.37. The van der Waals surface area contributed by atoms with E-state index in [4.69, 9.17) is 12.2 Å². The van der Waals surface area contributed by atoms with Crippen LogP contribution in [-0.2, 0) is 4.79 Å². The lowest BCUT2D eigenvalue weighted by molar-refractivity contribution is -0.113. The van der Waals surface area contributed by atoms with Crippen molar-refractivity contribution in [2.45, 2.75) is 20.8 Å². The molecule has 0 radical (unpaired) electrons. The highest BCUT2D eigenvalue weighted by molar-refractivity contribution is 8.27. The van der Waals surface area contributed by atoms with Gasteiger partial charge in [0.2, 0.25) is 0 Å². The summed E-state index contributed by atoms with van der Waals surface area (Å²) in [6.07, 6.45) is 1.94. The van der Waals surface area contributed by atoms with Gasteiger partial charge in [0, 0.05) is 4.88 Å². The number of hydrogen-bond donors (Lipinski definition) is 0. The van der Waals surface area contributed by atoms with Crippen molar-refractivity contribution in [3.05, 3.63) is 56.1 Å². The number of anilines is 1. The Bertz CT molecular complexity index is 804. The largest absolute Gasteiger partial charge is 0.270 e. The minimum absolute atomic E-state index is 0.0361. The third-order valence-electron chi connectivity index (χ3n) is 3.71. The van der Waals surface area contributed by atoms with Crippen LogP contribution in [0.4, 0.5) is 5.69 Å². The first-order valence-electron chi connectivity index (χ1n) is 6.86. The van der Waals surface area contributed by atoms with E-state index in [1.807, 2.05) is 43.5 Å². The summed E-state index contributed by atoms with van der Waals surface area (Å²) in [6, 6.07) is 8.04. The minimum atomic E-state index is -0.0361. The number of aryl methyl sites for hydroxylation is 3. The first-order valence-corrected chi connectivity index (χ1v) is 8.97. The van der Waals surface area contributed by atoms with E-state index in [1.54, 1.807) is 16.2 Å². The number of thioether (sulfide) groups is 1. The topological polar surface area (TPSA) is 20.3 Å². The molecule has 1 fully saturated rings. The van der Waals surface area contributed by atoms with Crippen molar-refractivity contribution >= 4 is 57.3 Å². The van der Waals surface area contributed by atoms with Crippen molar-refractivity contribution in [1.29, 1.82) is 0 Å². The summed E-state index contributed by atoms with van der Waals surface area (Å²) in [5.74, 6) is -0.0361. The molecule has 1 amide bonds. The molecule has 2 aromatic rings. The third kappa shape index (κ3) is 2.76. The number of thiocarbonyl (C=S) groups is 1. The van der Waals surface area contributed by atoms with Crippen LogP contribution in [0, 0.1) is 20.8 Å². The summed E-state index contributed by atoms with van der Waals surface area (Å²) in [4.78, 5) is 16.1. The van der Waals surface area contributed by atoms with E-state index in [-0.39, 0.29) is 5.91 Å². The summed E-state index contributed by atoms with van der Waals surface area (Å²) in [5.41, 5.74) is 4.39. The number of amides is 1. The fraction of sp³-hybridized carbons (Fsp3) is 0.176. The van der Waals surface area contributed by atoms with E-state index in [0.717, 1.165) is 16.1 Å². The zero-order valence-electron chi connectivity index (χ0n) is 12.5. The van der Waals surface area contributed by atoms with E-state index >= 15 is 0 Å². The third-order valence-corrected chi connectivity index (χ3v) is 5.97. The number of thiophene rings is 1. The van der Waals surface area contributed by atoms with E-state index in [9.17, 15) is 4.79 Å². The first kappa shape index (κ1) is 15.5. The van der Waals surface area contributed by atoms with Crippen LogP contribution in [0.2, 0.25) is 0 Å². The quantitative estimate of drug-likeness (QED) is 0.559. The molecule has 1 saturated heterocycles. The summed E-state index contributed by atoms with van der Waals surface area (Å²) >= 11 is 8.42. The molecule has 0 atom stereocenters. The van der Waals surface area contributed by atoms with Gasteiger partial charge >= 0.3 is 0 Å². The van der Waals surface area contributed by atoms with E-state index in [0.29, 0.717) is 9.23 Å². The maximum atomic E-state index is 12.7. The monoisotopic (exact) mass is 345 g/mol. The number of carbonyl (C=O) groups excluding carboxylic acids is 1. The molecule has 1 aliphatic heterocycles. The van der Waals surface area contributed by atoms with Crippen LogP contribution < -0.4 is 4.90 Å². The van der Waals surface area contributed by atoms with Crippen molar-refractivity contribution in [2.75, 3.05) is 4.90 Å². The Morgan fingerprint density at radius 2 is 1.86 bits per heavy atom. The van der Waals surface area contributed by atoms with E-state index in [2.05, 4.69) is 13.0 Å². The average Bonchev–Trinajstić information content (AvgIpc) is 2.99. The van der Waals surface area contributed by atoms with E-state index in [1.165, 1.54) is 22.9 Å². The molecule has 1 aliphatic rings. The van der Waals surface area contributed by atoms with Crippen LogP contribution in [-0.4, -0.2) is 10.2 Å². The van der Waals surface area contributed by atoms with Gasteiger partial charge in [0.1, 0.15) is 0 Å². The fourth-order valence-corrected chi connectivity index (χ4v) is 4.42. The zero-order valence-corrected chi connectivity index (χ0v) is 15.0. The highest BCUT2D eigenvalue weighted by atomic mass is 32.2. The predicted octanol–water partition coefficient (Wildman–Crippen LogP) is 5.08. The Morgan fingerprint density at radius 3 is 2.50 bits per heavy atom. The lowest BCUT2D eigenvalue weighted by Gasteiger charge is -2.15. The standard InChI is InChI=1S/C17H15NOS3/c1-10-4-5-13(8-12(10)3)18-16(19)15(22-17(18)20)9-14-11(2)6-7-21-14/h4-9H,1-3H3/b15-9+. The van der Waals surface area contributed by atoms with Crippen molar-refractivity contribution < 1.29 is 4.79 Å². The van der Waals surface area contributed by atoms with Gasteiger partial charge in [-0.05, 0) is 67.1 Å². The molecule has 0 bridgehead atoms. The molecule has 1 aromatic carbocycles. The van der Waals surface area contributed by atoms with Crippen LogP contribution in [0.25, 0.3) is 6.08 Å². The second-order valence-electron chi connectivity index (χ2n) is 5.25. The summed E-state index contributed by atoms with van der Waals surface area (Å²) in [6.45, 7) is 6.15. The summed E-state index contributed by atoms with van der Waals surface area (Å²) in [5, 5.41) is 2.03. The molecular weight excluding hydrogens is 330 g/mol. The number of nitrogens with zero attached hydrogens (tertiary/aromatic N) is 1. The molecule has 0 saturated carbocycles. The van der Waals surface area contributed by atoms with Crippen LogP contribution in [0.1, 0.15) is 21.6 Å². The Labute approximate surface area is 143 Å². The molecule has 112 valence electrons. The van der Waals surface area contributed by atoms with Crippen molar-refractivity contribution in [2.24, 2.45) is 0 Å². The Morgan fingerprint density at radius 1 is 1.09 bits per heavy atom. The molecule has 0 unspecified atom stereocenters. The SMILES string of the molecule is Cc1ccc(N2C(=O)/C(=C\c3sccc3C)SC2=S)cc1C. The summed E-state index contributed by atoms with van der Waals surface area (Å²) < 4.78 is 0.591. The predicted molar refractivity (Wildman–Crippen MR) is 101 cm³/mol. The molecule has 22 heavy (non-hydrogen) atoms. The average molecular weight is 346 g/mol. The van der Waals surface area contributed by atoms with Crippen LogP contribution in [0.3, 0.4) is 0 Å². The smallest absolute Gasteiger partial charge is 0.268 e. The van der Waals surface area contributed by atoms with Gasteiger partial charge in [-0.15, -0.1) is 11.3 Å². The van der Waals surface area contributed by atoms with E-state index < -0.39 is 0 Å². The van der Waals surface area contributed by atoms with Gasteiger partial charge in [-0.1, -0.05) is 30.0 Å². The fourth-order valence-electron chi connectivity index (χ4n) is 2.21. The molecule has 5 heteroatoms. The first-order chi connectivity index (χ1) is 10.5. The van der Waals surface area contributed by atoms with Crippen LogP contribution in [0.5, 0.6) is 0 Å². The maximum absolute atomic E-state index is 12.7. The molecule has 2 heterocycles. The molecule has 0 N–H and O–H groups in total. The van der Waals surface area contributed by atoms with Gasteiger partial charge in [-0.2, -0.15) is 0 Å². The Kier molecular flexibility index (Phi) is 4.21. The van der Waals surface area contributed by atoms with Gasteiger partial charge < -0.3 is 0 Å². The minimum Gasteiger partial charge on any atom is -0.268 e. The molecular formula is C17H15NOS3. The van der Waals surface area contributed by atoms with Crippen molar-refractivity contribution in [1.82, 2.24) is 0 Å². The van der Waals surface area contributed by atoms with Crippen LogP contribution in [0.15, 0.2) is 34.6 Å². The Hall–Kier alpha value is -1.43. The molecule has 3 rings (SSSR count). The molecule has 0 spiro atoms. The lowest BCUT2D eigenvalue weighted by atomic mass is 10.1. The van der Waals surface area contributed by atoms with Gasteiger partial charge in [-0.25, -0.2) is 0 Å². The summed E-state index contributed by atoms with van der Waals surface area (Å²) in [7, 11) is 0. The second kappa shape index (κ2) is 5.99. The Balaban J connectivity index is 1.96. The van der Waals surface area contributed by atoms with Gasteiger partial charge in [0.15, 0.2) is 4.32 Å². The molecule has 2 nitrogen and oxygen atoms in total. The highest BCUT2D eigenvalue weighted by Gasteiger charge is 2.33. The molecule has 0 aliphatic carbocycles. The van der Waals surface area contributed by atoms with Crippen molar-refractivity contribution in [3.63, 3.8) is 0 Å². The van der Waals surface area contributed by atoms with Gasteiger partial charge in [-0.3, -0.25) is 9.69 Å².